The van der Waals surface area contributed by atoms with E-state index in [1.807, 2.05) is 19.2 Å². The number of nitrogens with one attached hydrogen (secondary N) is 2. The Morgan fingerprint density at radius 3 is 3.00 bits per heavy atom. The smallest absolute Gasteiger partial charge is 0.160 e. The third kappa shape index (κ3) is 3.23. The lowest BCUT2D eigenvalue weighted by molar-refractivity contribution is 0.414. The minimum absolute atomic E-state index is 0.776. The average molecular weight is 246 g/mol. The fraction of sp³-hybridized carbons (Fsp3) is 0.385. The van der Waals surface area contributed by atoms with Crippen molar-refractivity contribution in [3.63, 3.8) is 0 Å². The molecule has 0 spiro atoms. The topological polar surface area (TPSA) is 62.8 Å². The monoisotopic (exact) mass is 246 g/mol. The first-order valence-electron chi connectivity index (χ1n) is 6.02. The third-order valence-electron chi connectivity index (χ3n) is 2.68. The van der Waals surface area contributed by atoms with E-state index in [1.165, 1.54) is 0 Å². The van der Waals surface area contributed by atoms with Crippen LogP contribution in [0.3, 0.4) is 0 Å². The van der Waals surface area contributed by atoms with Crippen molar-refractivity contribution in [1.29, 1.82) is 0 Å². The van der Waals surface area contributed by atoms with Crippen LogP contribution in [0.4, 0.5) is 5.69 Å². The number of methoxy groups -OCH3 is 1. The van der Waals surface area contributed by atoms with Crippen LogP contribution in [0, 0.1) is 6.92 Å². The van der Waals surface area contributed by atoms with Crippen molar-refractivity contribution < 1.29 is 4.74 Å². The maximum Gasteiger partial charge on any atom is 0.160 e. The van der Waals surface area contributed by atoms with Crippen molar-refractivity contribution in [1.82, 2.24) is 15.0 Å². The van der Waals surface area contributed by atoms with E-state index in [4.69, 9.17) is 4.74 Å². The Hall–Kier alpha value is -2.04. The summed E-state index contributed by atoms with van der Waals surface area (Å²) >= 11 is 0. The Morgan fingerprint density at radius 1 is 1.39 bits per heavy atom. The molecule has 0 aliphatic carbocycles. The predicted octanol–water partition coefficient (Wildman–Crippen LogP) is 2.17. The summed E-state index contributed by atoms with van der Waals surface area (Å²) in [5.41, 5.74) is 1.97. The number of aromatic nitrogens is 3. The molecular weight excluding hydrogens is 228 g/mol. The highest BCUT2D eigenvalue weighted by atomic mass is 16.5. The van der Waals surface area contributed by atoms with Crippen LogP contribution in [0.1, 0.15) is 17.9 Å². The molecule has 2 aromatic heterocycles. The Balaban J connectivity index is 1.84. The molecule has 0 bridgehead atoms. The quantitative estimate of drug-likeness (QED) is 0.767. The molecule has 0 aliphatic heterocycles. The molecular formula is C13H18N4O. The summed E-state index contributed by atoms with van der Waals surface area (Å²) in [6.45, 7) is 2.84. The Labute approximate surface area is 107 Å². The number of hydrogen-bond donors (Lipinski definition) is 2. The van der Waals surface area contributed by atoms with Crippen molar-refractivity contribution >= 4 is 5.69 Å². The van der Waals surface area contributed by atoms with Gasteiger partial charge in [0.15, 0.2) is 5.75 Å². The van der Waals surface area contributed by atoms with E-state index < -0.39 is 0 Å². The van der Waals surface area contributed by atoms with Crippen LogP contribution in [0.2, 0.25) is 0 Å². The van der Waals surface area contributed by atoms with Crippen molar-refractivity contribution in [3.8, 4) is 5.75 Å². The highest BCUT2D eigenvalue weighted by Crippen LogP contribution is 2.23. The summed E-state index contributed by atoms with van der Waals surface area (Å²) in [7, 11) is 1.65. The summed E-state index contributed by atoms with van der Waals surface area (Å²) < 4.78 is 5.26. The van der Waals surface area contributed by atoms with Crippen LogP contribution in [-0.2, 0) is 6.42 Å². The van der Waals surface area contributed by atoms with Crippen LogP contribution in [0.5, 0.6) is 5.75 Å². The number of anilines is 1. The number of aryl methyl sites for hydroxylation is 2. The van der Waals surface area contributed by atoms with Crippen molar-refractivity contribution in [2.24, 2.45) is 0 Å². The molecule has 2 N–H and O–H groups in total. The predicted molar refractivity (Wildman–Crippen MR) is 70.9 cm³/mol. The van der Waals surface area contributed by atoms with Crippen LogP contribution in [0.15, 0.2) is 24.7 Å². The lowest BCUT2D eigenvalue weighted by atomic mass is 10.2. The Bertz CT molecular complexity index is 482. The first kappa shape index (κ1) is 12.4. The molecule has 0 fully saturated rings. The summed E-state index contributed by atoms with van der Waals surface area (Å²) in [4.78, 5) is 11.5. The van der Waals surface area contributed by atoms with E-state index in [9.17, 15) is 0 Å². The van der Waals surface area contributed by atoms with Gasteiger partial charge in [-0.1, -0.05) is 0 Å². The lowest BCUT2D eigenvalue weighted by Crippen LogP contribution is -2.05. The Morgan fingerprint density at radius 2 is 2.28 bits per heavy atom. The van der Waals surface area contributed by atoms with Crippen LogP contribution < -0.4 is 10.1 Å². The first-order chi connectivity index (χ1) is 8.79. The second-order valence-corrected chi connectivity index (χ2v) is 4.09. The Kier molecular flexibility index (Phi) is 4.17. The molecule has 96 valence electrons. The van der Waals surface area contributed by atoms with Gasteiger partial charge in [0.2, 0.25) is 0 Å². The minimum atomic E-state index is 0.776. The molecule has 2 rings (SSSR count). The van der Waals surface area contributed by atoms with Crippen molar-refractivity contribution in [3.05, 3.63) is 36.2 Å². The van der Waals surface area contributed by atoms with Gasteiger partial charge in [-0.15, -0.1) is 0 Å². The standard InChI is InChI=1S/C13H18N4O/c1-10-8-11(12(18-2)9-17-10)14-5-3-4-13-15-6-7-16-13/h6-9H,3-5H2,1-2H3,(H,14,17)(H,15,16). The highest BCUT2D eigenvalue weighted by molar-refractivity contribution is 5.55. The normalized spacial score (nSPS) is 10.3. The fourth-order valence-electron chi connectivity index (χ4n) is 1.76. The van der Waals surface area contributed by atoms with E-state index in [-0.39, 0.29) is 0 Å². The molecule has 0 radical (unpaired) electrons. The molecule has 0 saturated heterocycles. The van der Waals surface area contributed by atoms with E-state index in [0.29, 0.717) is 0 Å². The van der Waals surface area contributed by atoms with Gasteiger partial charge in [0.25, 0.3) is 0 Å². The van der Waals surface area contributed by atoms with Crippen LogP contribution in [-0.4, -0.2) is 28.6 Å². The SMILES string of the molecule is COc1cnc(C)cc1NCCCc1ncc[nH]1. The number of rotatable bonds is 6. The molecule has 2 aromatic rings. The van der Waals surface area contributed by atoms with Gasteiger partial charge in [0.05, 0.1) is 19.0 Å². The zero-order valence-electron chi connectivity index (χ0n) is 10.7. The zero-order chi connectivity index (χ0) is 12.8. The molecule has 0 saturated carbocycles. The first-order valence-corrected chi connectivity index (χ1v) is 6.02. The maximum absolute atomic E-state index is 5.26. The summed E-state index contributed by atoms with van der Waals surface area (Å²) in [6, 6.07) is 1.99. The fourth-order valence-corrected chi connectivity index (χ4v) is 1.76. The number of H-pyrrole nitrogens is 1. The van der Waals surface area contributed by atoms with E-state index in [0.717, 1.165) is 42.3 Å². The van der Waals surface area contributed by atoms with Gasteiger partial charge in [-0.2, -0.15) is 0 Å². The van der Waals surface area contributed by atoms with Gasteiger partial charge >= 0.3 is 0 Å². The van der Waals surface area contributed by atoms with E-state index in [2.05, 4.69) is 20.3 Å². The number of ether oxygens (including phenoxy) is 1. The number of aromatic amines is 1. The molecule has 0 aromatic carbocycles. The lowest BCUT2D eigenvalue weighted by Gasteiger charge is -2.11. The van der Waals surface area contributed by atoms with E-state index >= 15 is 0 Å². The van der Waals surface area contributed by atoms with Gasteiger partial charge in [-0.25, -0.2) is 4.98 Å². The molecule has 0 unspecified atom stereocenters. The number of nitrogens with zero attached hydrogens (tertiary/aromatic N) is 2. The van der Waals surface area contributed by atoms with Crippen molar-refractivity contribution in [2.45, 2.75) is 19.8 Å². The molecule has 0 atom stereocenters. The number of pyridine rings is 1. The third-order valence-corrected chi connectivity index (χ3v) is 2.68. The molecule has 5 heteroatoms. The number of imidazole rings is 1. The van der Waals surface area contributed by atoms with E-state index in [1.54, 1.807) is 19.5 Å². The molecule has 0 amide bonds. The van der Waals surface area contributed by atoms with Gasteiger partial charge < -0.3 is 15.0 Å². The van der Waals surface area contributed by atoms with Crippen LogP contribution in [0.25, 0.3) is 0 Å². The molecule has 0 aliphatic rings. The molecule has 2 heterocycles. The van der Waals surface area contributed by atoms with Gasteiger partial charge in [0.1, 0.15) is 5.82 Å². The van der Waals surface area contributed by atoms with Gasteiger partial charge in [-0.3, -0.25) is 4.98 Å². The van der Waals surface area contributed by atoms with Gasteiger partial charge in [-0.05, 0) is 19.4 Å². The second kappa shape index (κ2) is 6.05. The molecule has 5 nitrogen and oxygen atoms in total. The zero-order valence-corrected chi connectivity index (χ0v) is 10.7. The summed E-state index contributed by atoms with van der Waals surface area (Å²) in [5, 5.41) is 3.36. The molecule has 18 heavy (non-hydrogen) atoms. The second-order valence-electron chi connectivity index (χ2n) is 4.09. The van der Waals surface area contributed by atoms with Crippen molar-refractivity contribution in [2.75, 3.05) is 19.0 Å². The number of hydrogen-bond acceptors (Lipinski definition) is 4. The maximum atomic E-state index is 5.26. The summed E-state index contributed by atoms with van der Waals surface area (Å²) in [5.74, 6) is 1.80. The average Bonchev–Trinajstić information content (AvgIpc) is 2.88. The highest BCUT2D eigenvalue weighted by Gasteiger charge is 2.03. The van der Waals surface area contributed by atoms with Crippen LogP contribution >= 0.6 is 0 Å². The summed E-state index contributed by atoms with van der Waals surface area (Å²) in [6.07, 6.45) is 7.31. The van der Waals surface area contributed by atoms with Gasteiger partial charge in [0, 0.05) is 31.1 Å². The largest absolute Gasteiger partial charge is 0.493 e. The minimum Gasteiger partial charge on any atom is -0.493 e.